The Morgan fingerprint density at radius 2 is 1.84 bits per heavy atom. The quantitative estimate of drug-likeness (QED) is 0.477. The van der Waals surface area contributed by atoms with Gasteiger partial charge < -0.3 is 10.6 Å². The molecule has 0 unspecified atom stereocenters. The van der Waals surface area contributed by atoms with Gasteiger partial charge in [-0.15, -0.1) is 0 Å². The molecule has 0 radical (unpaired) electrons. The molecule has 0 saturated carbocycles. The average Bonchev–Trinajstić information content (AvgIpc) is 2.75. The summed E-state index contributed by atoms with van der Waals surface area (Å²) in [4.78, 5) is 16.8. The standard InChI is InChI=1S/C22H25ClN4O3S/c1-3-27(31(29,30)18-7-4-16(2)5-8-18)15-22(28)26-13-12-25-20-10-11-24-21-14-17(23)6-9-19(20)21/h4-11,14H,3,12-13,15H2,1-2H3,(H,24,25)(H,26,28). The molecule has 0 bridgehead atoms. The van der Waals surface area contributed by atoms with Gasteiger partial charge >= 0.3 is 0 Å². The van der Waals surface area contributed by atoms with Gasteiger partial charge in [-0.1, -0.05) is 36.2 Å². The molecule has 0 aliphatic carbocycles. The summed E-state index contributed by atoms with van der Waals surface area (Å²) >= 11 is 6.01. The number of fused-ring (bicyclic) bond motifs is 1. The molecule has 31 heavy (non-hydrogen) atoms. The number of nitrogens with one attached hydrogen (secondary N) is 2. The van der Waals surface area contributed by atoms with Gasteiger partial charge in [0.05, 0.1) is 17.0 Å². The number of carbonyl (C=O) groups is 1. The molecule has 2 N–H and O–H groups in total. The number of aryl methyl sites for hydroxylation is 1. The van der Waals surface area contributed by atoms with Crippen molar-refractivity contribution in [2.75, 3.05) is 31.5 Å². The van der Waals surface area contributed by atoms with Gasteiger partial charge in [0, 0.05) is 41.9 Å². The Hall–Kier alpha value is -2.68. The molecule has 1 heterocycles. The third kappa shape index (κ3) is 5.72. The van der Waals surface area contributed by atoms with E-state index < -0.39 is 10.0 Å². The van der Waals surface area contributed by atoms with Gasteiger partial charge in [0.2, 0.25) is 15.9 Å². The van der Waals surface area contributed by atoms with Gasteiger partial charge in [-0.05, 0) is 43.3 Å². The number of hydrogen-bond donors (Lipinski definition) is 2. The van der Waals surface area contributed by atoms with E-state index in [1.54, 1.807) is 49.5 Å². The predicted molar refractivity (Wildman–Crippen MR) is 124 cm³/mol. The smallest absolute Gasteiger partial charge is 0.243 e. The van der Waals surface area contributed by atoms with Crippen LogP contribution in [-0.2, 0) is 14.8 Å². The van der Waals surface area contributed by atoms with Crippen LogP contribution in [0.25, 0.3) is 10.9 Å². The first kappa shape index (κ1) is 23.0. The van der Waals surface area contributed by atoms with Crippen LogP contribution in [0.2, 0.25) is 5.02 Å². The van der Waals surface area contributed by atoms with Crippen LogP contribution in [0.4, 0.5) is 5.69 Å². The van der Waals surface area contributed by atoms with E-state index in [4.69, 9.17) is 11.6 Å². The summed E-state index contributed by atoms with van der Waals surface area (Å²) < 4.78 is 26.8. The monoisotopic (exact) mass is 460 g/mol. The van der Waals surface area contributed by atoms with Crippen LogP contribution < -0.4 is 10.6 Å². The molecule has 9 heteroatoms. The molecule has 0 spiro atoms. The summed E-state index contributed by atoms with van der Waals surface area (Å²) in [5.74, 6) is -0.356. The summed E-state index contributed by atoms with van der Waals surface area (Å²) in [6.07, 6.45) is 1.69. The molecule has 7 nitrogen and oxygen atoms in total. The van der Waals surface area contributed by atoms with Gasteiger partial charge in [-0.2, -0.15) is 4.31 Å². The van der Waals surface area contributed by atoms with Crippen molar-refractivity contribution >= 4 is 44.1 Å². The van der Waals surface area contributed by atoms with Crippen molar-refractivity contribution in [3.63, 3.8) is 0 Å². The lowest BCUT2D eigenvalue weighted by Crippen LogP contribution is -2.41. The molecule has 0 saturated heterocycles. The zero-order chi connectivity index (χ0) is 22.4. The Bertz CT molecular complexity index is 1170. The highest BCUT2D eigenvalue weighted by Gasteiger charge is 2.24. The van der Waals surface area contributed by atoms with Crippen molar-refractivity contribution in [2.24, 2.45) is 0 Å². The Morgan fingerprint density at radius 3 is 2.55 bits per heavy atom. The highest BCUT2D eigenvalue weighted by Crippen LogP contribution is 2.24. The molecule has 1 aromatic heterocycles. The van der Waals surface area contributed by atoms with Gasteiger partial charge in [0.1, 0.15) is 0 Å². The zero-order valence-corrected chi connectivity index (χ0v) is 19.0. The fourth-order valence-corrected chi connectivity index (χ4v) is 4.69. The molecule has 0 atom stereocenters. The summed E-state index contributed by atoms with van der Waals surface area (Å²) in [6.45, 7) is 4.39. The Labute approximate surface area is 187 Å². The van der Waals surface area contributed by atoms with Crippen LogP contribution in [0.1, 0.15) is 12.5 Å². The minimum Gasteiger partial charge on any atom is -0.383 e. The minimum absolute atomic E-state index is 0.180. The first-order valence-electron chi connectivity index (χ1n) is 9.93. The molecular weight excluding hydrogens is 436 g/mol. The second-order valence-electron chi connectivity index (χ2n) is 7.04. The number of likely N-dealkylation sites (N-methyl/N-ethyl adjacent to an activating group) is 1. The van der Waals surface area contributed by atoms with Crippen molar-refractivity contribution in [3.05, 3.63) is 65.3 Å². The van der Waals surface area contributed by atoms with Crippen molar-refractivity contribution in [2.45, 2.75) is 18.7 Å². The Morgan fingerprint density at radius 1 is 1.10 bits per heavy atom. The van der Waals surface area contributed by atoms with Gasteiger partial charge in [-0.25, -0.2) is 8.42 Å². The summed E-state index contributed by atoms with van der Waals surface area (Å²) in [7, 11) is -3.73. The summed E-state index contributed by atoms with van der Waals surface area (Å²) in [5, 5.41) is 7.57. The van der Waals surface area contributed by atoms with Gasteiger partial charge in [0.25, 0.3) is 0 Å². The summed E-state index contributed by atoms with van der Waals surface area (Å²) in [6, 6.07) is 13.9. The molecule has 1 amide bonds. The molecule has 3 rings (SSSR count). The number of pyridine rings is 1. The van der Waals surface area contributed by atoms with Crippen LogP contribution in [-0.4, -0.2) is 49.8 Å². The number of benzene rings is 2. The second-order valence-corrected chi connectivity index (χ2v) is 9.42. The molecule has 0 aliphatic heterocycles. The Balaban J connectivity index is 1.54. The average molecular weight is 461 g/mol. The largest absolute Gasteiger partial charge is 0.383 e. The van der Waals surface area contributed by atoms with Crippen molar-refractivity contribution in [1.29, 1.82) is 0 Å². The van der Waals surface area contributed by atoms with E-state index in [9.17, 15) is 13.2 Å². The van der Waals surface area contributed by atoms with E-state index in [2.05, 4.69) is 15.6 Å². The van der Waals surface area contributed by atoms with Crippen molar-refractivity contribution in [3.8, 4) is 0 Å². The SMILES string of the molecule is CCN(CC(=O)NCCNc1ccnc2cc(Cl)ccc12)S(=O)(=O)c1ccc(C)cc1. The van der Waals surface area contributed by atoms with Crippen LogP contribution in [0.3, 0.4) is 0 Å². The highest BCUT2D eigenvalue weighted by molar-refractivity contribution is 7.89. The number of carbonyl (C=O) groups excluding carboxylic acids is 1. The van der Waals surface area contributed by atoms with E-state index in [1.807, 2.05) is 19.1 Å². The lowest BCUT2D eigenvalue weighted by atomic mass is 10.2. The molecule has 164 valence electrons. The highest BCUT2D eigenvalue weighted by atomic mass is 35.5. The number of anilines is 1. The second kappa shape index (κ2) is 10.1. The lowest BCUT2D eigenvalue weighted by Gasteiger charge is -2.20. The lowest BCUT2D eigenvalue weighted by molar-refractivity contribution is -0.121. The maximum atomic E-state index is 12.8. The number of rotatable bonds is 9. The van der Waals surface area contributed by atoms with Crippen molar-refractivity contribution in [1.82, 2.24) is 14.6 Å². The van der Waals surface area contributed by atoms with Crippen LogP contribution in [0.15, 0.2) is 59.6 Å². The molecule has 0 fully saturated rings. The number of sulfonamides is 1. The fraction of sp³-hybridized carbons (Fsp3) is 0.273. The normalized spacial score (nSPS) is 11.6. The topological polar surface area (TPSA) is 91.4 Å². The van der Waals surface area contributed by atoms with Crippen LogP contribution in [0.5, 0.6) is 0 Å². The number of aromatic nitrogens is 1. The number of nitrogens with zero attached hydrogens (tertiary/aromatic N) is 2. The molecule has 0 aliphatic rings. The van der Waals surface area contributed by atoms with E-state index in [-0.39, 0.29) is 23.9 Å². The van der Waals surface area contributed by atoms with E-state index in [1.165, 1.54) is 4.31 Å². The number of amides is 1. The van der Waals surface area contributed by atoms with E-state index in [0.29, 0.717) is 18.1 Å². The first-order chi connectivity index (χ1) is 14.8. The third-order valence-corrected chi connectivity index (χ3v) is 6.97. The maximum absolute atomic E-state index is 12.8. The zero-order valence-electron chi connectivity index (χ0n) is 17.4. The van der Waals surface area contributed by atoms with Gasteiger partial charge in [0.15, 0.2) is 0 Å². The van der Waals surface area contributed by atoms with E-state index >= 15 is 0 Å². The maximum Gasteiger partial charge on any atom is 0.243 e. The fourth-order valence-electron chi connectivity index (χ4n) is 3.12. The van der Waals surface area contributed by atoms with E-state index in [0.717, 1.165) is 22.2 Å². The molecule has 3 aromatic rings. The Kier molecular flexibility index (Phi) is 7.48. The molecular formula is C22H25ClN4O3S. The third-order valence-electron chi connectivity index (χ3n) is 4.80. The van der Waals surface area contributed by atoms with Crippen LogP contribution in [0, 0.1) is 6.92 Å². The summed E-state index contributed by atoms with van der Waals surface area (Å²) in [5.41, 5.74) is 2.63. The molecule has 2 aromatic carbocycles. The number of halogens is 1. The van der Waals surface area contributed by atoms with Crippen LogP contribution >= 0.6 is 11.6 Å². The number of hydrogen-bond acceptors (Lipinski definition) is 5. The van der Waals surface area contributed by atoms with Gasteiger partial charge in [-0.3, -0.25) is 9.78 Å². The first-order valence-corrected chi connectivity index (χ1v) is 11.7. The predicted octanol–water partition coefficient (Wildman–Crippen LogP) is 3.44. The minimum atomic E-state index is -3.73. The van der Waals surface area contributed by atoms with Crippen molar-refractivity contribution < 1.29 is 13.2 Å².